The van der Waals surface area contributed by atoms with Gasteiger partial charge in [-0.25, -0.2) is 9.50 Å². The van der Waals surface area contributed by atoms with E-state index in [1.165, 1.54) is 11.3 Å². The van der Waals surface area contributed by atoms with Crippen LogP contribution in [0.15, 0.2) is 65.2 Å². The first-order chi connectivity index (χ1) is 20.4. The van der Waals surface area contributed by atoms with Gasteiger partial charge in [0.2, 0.25) is 4.96 Å². The van der Waals surface area contributed by atoms with Crippen LogP contribution in [0.2, 0.25) is 0 Å². The molecule has 0 fully saturated rings. The number of rotatable bonds is 7. The van der Waals surface area contributed by atoms with E-state index in [-0.39, 0.29) is 5.91 Å². The number of ether oxygens (including phenoxy) is 3. The molecular formula is C32H28N4O5S. The number of hydrogen-bond donors (Lipinski definition) is 0. The van der Waals surface area contributed by atoms with Crippen LogP contribution in [-0.2, 0) is 13.0 Å². The van der Waals surface area contributed by atoms with E-state index in [1.54, 1.807) is 18.7 Å². The Kier molecular flexibility index (Phi) is 6.35. The number of nitrogens with zero attached hydrogens (tertiary/aromatic N) is 4. The molecule has 10 heteroatoms. The quantitative estimate of drug-likeness (QED) is 0.210. The highest BCUT2D eigenvalue weighted by Crippen LogP contribution is 2.39. The number of hydrogen-bond acceptors (Lipinski definition) is 8. The van der Waals surface area contributed by atoms with Gasteiger partial charge in [-0.1, -0.05) is 29.8 Å². The number of aromatic nitrogens is 3. The zero-order valence-corrected chi connectivity index (χ0v) is 24.4. The second-order valence-corrected chi connectivity index (χ2v) is 11.2. The maximum atomic E-state index is 13.5. The summed E-state index contributed by atoms with van der Waals surface area (Å²) in [4.78, 5) is 20.8. The Labute approximate surface area is 245 Å². The standard InChI is InChI=1S/C32H28N4O5S/c1-18-8-9-19(2)23(12-18)30(37)35-11-10-22-20(6-5-7-26(22)35)17-40-27-13-21(38-3)14-28-24(27)15-29(41-28)25-16-36-31(33-25)42-32(34-36)39-4/h5-9,12-16H,10-11,17H2,1-4H3. The molecule has 0 unspecified atom stereocenters. The van der Waals surface area contributed by atoms with Crippen LogP contribution in [0.4, 0.5) is 5.69 Å². The molecular weight excluding hydrogens is 552 g/mol. The lowest BCUT2D eigenvalue weighted by Gasteiger charge is -2.19. The van der Waals surface area contributed by atoms with Crippen LogP contribution in [0.25, 0.3) is 27.4 Å². The minimum Gasteiger partial charge on any atom is -0.496 e. The predicted molar refractivity (Wildman–Crippen MR) is 161 cm³/mol. The first-order valence-electron chi connectivity index (χ1n) is 13.6. The van der Waals surface area contributed by atoms with Crippen molar-refractivity contribution in [3.63, 3.8) is 0 Å². The molecule has 1 aliphatic heterocycles. The Bertz CT molecular complexity index is 1960. The van der Waals surface area contributed by atoms with Crippen molar-refractivity contribution in [2.75, 3.05) is 25.7 Å². The van der Waals surface area contributed by atoms with E-state index in [1.807, 2.05) is 73.5 Å². The minimum absolute atomic E-state index is 0.0289. The minimum atomic E-state index is 0.0289. The summed E-state index contributed by atoms with van der Waals surface area (Å²) in [6, 6.07) is 17.7. The smallest absolute Gasteiger partial charge is 0.294 e. The van der Waals surface area contributed by atoms with Gasteiger partial charge in [-0.3, -0.25) is 4.79 Å². The highest BCUT2D eigenvalue weighted by Gasteiger charge is 2.28. The van der Waals surface area contributed by atoms with Crippen molar-refractivity contribution < 1.29 is 23.4 Å². The van der Waals surface area contributed by atoms with Gasteiger partial charge in [0.05, 0.1) is 25.8 Å². The molecule has 0 aliphatic carbocycles. The van der Waals surface area contributed by atoms with E-state index in [0.717, 1.165) is 45.3 Å². The van der Waals surface area contributed by atoms with Crippen LogP contribution in [0.5, 0.6) is 16.7 Å². The Morgan fingerprint density at radius 3 is 2.76 bits per heavy atom. The zero-order valence-electron chi connectivity index (χ0n) is 23.6. The molecule has 0 spiro atoms. The highest BCUT2D eigenvalue weighted by atomic mass is 32.1. The number of benzene rings is 3. The normalized spacial score (nSPS) is 12.7. The SMILES string of the molecule is COc1cc(OCc2cccc3c2CCN3C(=O)c2cc(C)ccc2C)c2cc(-c3cn4nc(OC)sc4n3)oc2c1. The lowest BCUT2D eigenvalue weighted by atomic mass is 10.0. The number of furan rings is 1. The maximum Gasteiger partial charge on any atom is 0.294 e. The van der Waals surface area contributed by atoms with Gasteiger partial charge < -0.3 is 23.5 Å². The molecule has 42 heavy (non-hydrogen) atoms. The average Bonchev–Trinajstić information content (AvgIpc) is 3.78. The fourth-order valence-corrected chi connectivity index (χ4v) is 6.15. The van der Waals surface area contributed by atoms with Crippen molar-refractivity contribution in [2.45, 2.75) is 26.9 Å². The maximum absolute atomic E-state index is 13.5. The zero-order chi connectivity index (χ0) is 29.0. The van der Waals surface area contributed by atoms with Crippen molar-refractivity contribution >= 4 is 38.9 Å². The summed E-state index contributed by atoms with van der Waals surface area (Å²) in [5, 5.41) is 5.70. The van der Waals surface area contributed by atoms with Gasteiger partial charge in [0, 0.05) is 29.9 Å². The van der Waals surface area contributed by atoms with Gasteiger partial charge >= 0.3 is 0 Å². The molecule has 3 aromatic heterocycles. The van der Waals surface area contributed by atoms with Crippen molar-refractivity contribution in [3.8, 4) is 28.1 Å². The molecule has 0 N–H and O–H groups in total. The summed E-state index contributed by atoms with van der Waals surface area (Å²) in [7, 11) is 3.20. The number of anilines is 1. The Morgan fingerprint density at radius 1 is 1.07 bits per heavy atom. The third-order valence-corrected chi connectivity index (χ3v) is 8.52. The van der Waals surface area contributed by atoms with Gasteiger partial charge in [0.1, 0.15) is 29.4 Å². The molecule has 0 bridgehead atoms. The molecule has 6 aromatic rings. The molecule has 1 aliphatic rings. The van der Waals surface area contributed by atoms with Gasteiger partial charge in [-0.15, -0.1) is 5.10 Å². The van der Waals surface area contributed by atoms with E-state index < -0.39 is 0 Å². The van der Waals surface area contributed by atoms with E-state index in [9.17, 15) is 4.79 Å². The first kappa shape index (κ1) is 26.1. The van der Waals surface area contributed by atoms with Crippen molar-refractivity contribution in [3.05, 3.63) is 88.6 Å². The molecule has 0 radical (unpaired) electrons. The third kappa shape index (κ3) is 4.44. The summed E-state index contributed by atoms with van der Waals surface area (Å²) >= 11 is 1.35. The second kappa shape index (κ2) is 10.2. The number of carbonyl (C=O) groups is 1. The summed E-state index contributed by atoms with van der Waals surface area (Å²) in [5.74, 6) is 1.89. The fraction of sp³-hybridized carbons (Fsp3) is 0.219. The summed E-state index contributed by atoms with van der Waals surface area (Å²) in [6.07, 6.45) is 2.58. The van der Waals surface area contributed by atoms with Crippen LogP contribution in [0.1, 0.15) is 32.6 Å². The molecule has 1 amide bonds. The van der Waals surface area contributed by atoms with Gasteiger partial charge in [-0.2, -0.15) is 0 Å². The Morgan fingerprint density at radius 2 is 1.95 bits per heavy atom. The van der Waals surface area contributed by atoms with E-state index in [2.05, 4.69) is 16.1 Å². The number of methoxy groups -OCH3 is 2. The predicted octanol–water partition coefficient (Wildman–Crippen LogP) is 6.62. The van der Waals surface area contributed by atoms with Gasteiger partial charge in [0.15, 0.2) is 5.76 Å². The fourth-order valence-electron chi connectivity index (χ4n) is 5.45. The molecule has 0 saturated carbocycles. The van der Waals surface area contributed by atoms with Crippen molar-refractivity contribution in [1.82, 2.24) is 14.6 Å². The van der Waals surface area contributed by atoms with E-state index >= 15 is 0 Å². The first-order valence-corrected chi connectivity index (χ1v) is 14.4. The van der Waals surface area contributed by atoms with Crippen LogP contribution in [-0.4, -0.2) is 41.3 Å². The monoisotopic (exact) mass is 580 g/mol. The molecule has 7 rings (SSSR count). The number of amides is 1. The topological polar surface area (TPSA) is 91.3 Å². The molecule has 9 nitrogen and oxygen atoms in total. The lowest BCUT2D eigenvalue weighted by Crippen LogP contribution is -2.29. The second-order valence-electron chi connectivity index (χ2n) is 10.3. The van der Waals surface area contributed by atoms with Crippen molar-refractivity contribution in [1.29, 1.82) is 0 Å². The van der Waals surface area contributed by atoms with Crippen molar-refractivity contribution in [2.24, 2.45) is 0 Å². The summed E-state index contributed by atoms with van der Waals surface area (Å²) < 4.78 is 25.0. The Balaban J connectivity index is 1.18. The Hall–Kier alpha value is -4.83. The van der Waals surface area contributed by atoms with E-state index in [4.69, 9.17) is 18.6 Å². The summed E-state index contributed by atoms with van der Waals surface area (Å²) in [5.41, 5.74) is 7.19. The highest BCUT2D eigenvalue weighted by molar-refractivity contribution is 7.18. The van der Waals surface area contributed by atoms with Gasteiger partial charge in [0.25, 0.3) is 11.1 Å². The molecule has 4 heterocycles. The molecule has 0 atom stereocenters. The number of carbonyl (C=O) groups excluding carboxylic acids is 1. The van der Waals surface area contributed by atoms with Crippen LogP contribution >= 0.6 is 11.3 Å². The largest absolute Gasteiger partial charge is 0.496 e. The molecule has 3 aromatic carbocycles. The average molecular weight is 581 g/mol. The number of imidazole rings is 1. The van der Waals surface area contributed by atoms with Crippen LogP contribution in [0.3, 0.4) is 0 Å². The summed E-state index contributed by atoms with van der Waals surface area (Å²) in [6.45, 7) is 4.96. The van der Waals surface area contributed by atoms with Gasteiger partial charge in [-0.05, 0) is 66.5 Å². The number of aryl methyl sites for hydroxylation is 2. The van der Waals surface area contributed by atoms with Crippen LogP contribution in [0, 0.1) is 13.8 Å². The lowest BCUT2D eigenvalue weighted by molar-refractivity contribution is 0.0988. The van der Waals surface area contributed by atoms with Crippen LogP contribution < -0.4 is 19.1 Å². The molecule has 212 valence electrons. The van der Waals surface area contributed by atoms with E-state index in [0.29, 0.717) is 51.8 Å². The third-order valence-electron chi connectivity index (χ3n) is 7.64. The molecule has 0 saturated heterocycles. The number of fused-ring (bicyclic) bond motifs is 3.